The van der Waals surface area contributed by atoms with Gasteiger partial charge in [-0.1, -0.05) is 0 Å². The molecule has 15 heavy (non-hydrogen) atoms. The lowest BCUT2D eigenvalue weighted by Crippen LogP contribution is -2.31. The molecule has 0 amide bonds. The van der Waals surface area contributed by atoms with Crippen LogP contribution in [-0.4, -0.2) is 16.1 Å². The van der Waals surface area contributed by atoms with Crippen LogP contribution in [0.4, 0.5) is 0 Å². The first kappa shape index (κ1) is 13.6. The number of hydrogen-bond donors (Lipinski definition) is 0. The highest BCUT2D eigenvalue weighted by Gasteiger charge is 2.28. The molecule has 0 aliphatic rings. The van der Waals surface area contributed by atoms with E-state index in [0.29, 0.717) is 38.5 Å². The smallest absolute Gasteiger partial charge is 0.247 e. The van der Waals surface area contributed by atoms with Gasteiger partial charge in [0.1, 0.15) is 0 Å². The highest BCUT2D eigenvalue weighted by atomic mass is 28.2. The molecule has 0 atom stereocenters. The maximum Gasteiger partial charge on any atom is 0.247 e. The number of nitrogens with zero attached hydrogens (tertiary/aromatic N) is 3. The Bertz CT molecular complexity index is 252. The van der Waals surface area contributed by atoms with Gasteiger partial charge in [-0.25, -0.2) is 0 Å². The van der Waals surface area contributed by atoms with E-state index in [1.807, 2.05) is 18.2 Å². The van der Waals surface area contributed by atoms with E-state index in [0.717, 1.165) is 0 Å². The summed E-state index contributed by atoms with van der Waals surface area (Å²) < 4.78 is 5.20. The molecule has 0 aliphatic heterocycles. The van der Waals surface area contributed by atoms with Crippen LogP contribution in [0, 0.1) is 34.0 Å². The molecule has 0 saturated carbocycles. The Hall–Kier alpha value is -1.35. The van der Waals surface area contributed by atoms with Crippen molar-refractivity contribution in [3.8, 4) is 18.2 Å². The summed E-state index contributed by atoms with van der Waals surface area (Å²) >= 11 is 0. The summed E-state index contributed by atoms with van der Waals surface area (Å²) in [4.78, 5) is 0. The summed E-state index contributed by atoms with van der Waals surface area (Å²) in [6.07, 6.45) is 2.70. The minimum Gasteiger partial charge on any atom is -0.413 e. The van der Waals surface area contributed by atoms with Crippen LogP contribution in [0.15, 0.2) is 0 Å². The molecule has 3 radical (unpaired) electrons. The molecule has 5 heteroatoms. The van der Waals surface area contributed by atoms with Gasteiger partial charge in [0.25, 0.3) is 0 Å². The van der Waals surface area contributed by atoms with E-state index in [-0.39, 0.29) is 0 Å². The van der Waals surface area contributed by atoms with Gasteiger partial charge in [-0.05, 0) is 19.3 Å². The van der Waals surface area contributed by atoms with Crippen molar-refractivity contribution in [2.75, 3.05) is 0 Å². The maximum absolute atomic E-state index is 8.52. The Morgan fingerprint density at radius 1 is 0.867 bits per heavy atom. The van der Waals surface area contributed by atoms with Crippen LogP contribution in [0.25, 0.3) is 0 Å². The second kappa shape index (κ2) is 8.00. The van der Waals surface area contributed by atoms with Crippen molar-refractivity contribution in [3.63, 3.8) is 0 Å². The van der Waals surface area contributed by atoms with E-state index in [9.17, 15) is 0 Å². The molecule has 0 fully saturated rings. The predicted octanol–water partition coefficient (Wildman–Crippen LogP) is 1.74. The zero-order valence-corrected chi connectivity index (χ0v) is 9.49. The third-order valence-electron chi connectivity index (χ3n) is 2.29. The van der Waals surface area contributed by atoms with Gasteiger partial charge in [-0.2, -0.15) is 15.8 Å². The van der Waals surface area contributed by atoms with Crippen LogP contribution in [0.1, 0.15) is 38.5 Å². The molecule has 0 aromatic rings. The van der Waals surface area contributed by atoms with Gasteiger partial charge in [0.2, 0.25) is 10.5 Å². The van der Waals surface area contributed by atoms with Gasteiger partial charge in [0.05, 0.1) is 23.8 Å². The molecular formula is C10H12N3OSi. The fraction of sp³-hybridized carbons (Fsp3) is 0.700. The summed E-state index contributed by atoms with van der Waals surface area (Å²) in [5, 5.41) is 25.6. The molecule has 4 nitrogen and oxygen atoms in total. The van der Waals surface area contributed by atoms with Crippen LogP contribution in [0.2, 0.25) is 0 Å². The van der Waals surface area contributed by atoms with E-state index in [4.69, 9.17) is 20.2 Å². The monoisotopic (exact) mass is 218 g/mol. The zero-order valence-electron chi connectivity index (χ0n) is 8.49. The van der Waals surface area contributed by atoms with Gasteiger partial charge in [-0.15, -0.1) is 0 Å². The van der Waals surface area contributed by atoms with Crippen LogP contribution >= 0.6 is 0 Å². The number of nitriles is 3. The molecule has 0 heterocycles. The Balaban J connectivity index is 4.40. The zero-order chi connectivity index (χ0) is 11.6. The minimum atomic E-state index is -0.557. The third kappa shape index (κ3) is 5.17. The van der Waals surface area contributed by atoms with Crippen molar-refractivity contribution in [2.45, 2.75) is 44.1 Å². The van der Waals surface area contributed by atoms with E-state index >= 15 is 0 Å². The molecular weight excluding hydrogens is 206 g/mol. The van der Waals surface area contributed by atoms with Crippen molar-refractivity contribution < 1.29 is 4.43 Å². The van der Waals surface area contributed by atoms with Gasteiger partial charge in [0, 0.05) is 19.3 Å². The van der Waals surface area contributed by atoms with Crippen LogP contribution < -0.4 is 0 Å². The molecule has 0 rings (SSSR count). The fourth-order valence-electron chi connectivity index (χ4n) is 1.38. The predicted molar refractivity (Wildman–Crippen MR) is 54.1 cm³/mol. The summed E-state index contributed by atoms with van der Waals surface area (Å²) in [5.74, 6) is 0. The SMILES string of the molecule is N#CCCC(CCC#N)(CCC#N)O[Si]. The summed E-state index contributed by atoms with van der Waals surface area (Å²) in [6, 6.07) is 6.13. The first-order chi connectivity index (χ1) is 7.24. The van der Waals surface area contributed by atoms with Gasteiger partial charge < -0.3 is 4.43 Å². The van der Waals surface area contributed by atoms with Crippen molar-refractivity contribution in [2.24, 2.45) is 0 Å². The molecule has 0 spiro atoms. The fourth-order valence-corrected chi connectivity index (χ4v) is 1.69. The molecule has 0 bridgehead atoms. The van der Waals surface area contributed by atoms with Crippen LogP contribution in [0.3, 0.4) is 0 Å². The van der Waals surface area contributed by atoms with E-state index in [1.54, 1.807) is 0 Å². The average molecular weight is 218 g/mol. The first-order valence-corrected chi connectivity index (χ1v) is 5.11. The Morgan fingerprint density at radius 2 is 1.20 bits per heavy atom. The highest BCUT2D eigenvalue weighted by Crippen LogP contribution is 2.28. The number of rotatable bonds is 7. The molecule has 0 aromatic heterocycles. The van der Waals surface area contributed by atoms with E-state index in [1.165, 1.54) is 0 Å². The minimum absolute atomic E-state index is 0.362. The third-order valence-corrected chi connectivity index (χ3v) is 2.73. The molecule has 0 aromatic carbocycles. The molecule has 0 aliphatic carbocycles. The maximum atomic E-state index is 8.52. The van der Waals surface area contributed by atoms with Crippen LogP contribution in [-0.2, 0) is 4.43 Å². The highest BCUT2D eigenvalue weighted by molar-refractivity contribution is 5.98. The van der Waals surface area contributed by atoms with Crippen molar-refractivity contribution in [1.82, 2.24) is 0 Å². The van der Waals surface area contributed by atoms with Crippen molar-refractivity contribution in [3.05, 3.63) is 0 Å². The molecule has 0 saturated heterocycles. The average Bonchev–Trinajstić information content (AvgIpc) is 2.29. The lowest BCUT2D eigenvalue weighted by Gasteiger charge is -2.31. The normalized spacial score (nSPS) is 10.0. The van der Waals surface area contributed by atoms with E-state index in [2.05, 4.69) is 10.5 Å². The topological polar surface area (TPSA) is 80.6 Å². The molecule has 0 N–H and O–H groups in total. The van der Waals surface area contributed by atoms with Crippen molar-refractivity contribution >= 4 is 10.5 Å². The summed E-state index contributed by atoms with van der Waals surface area (Å²) in [5.41, 5.74) is -0.557. The van der Waals surface area contributed by atoms with Gasteiger partial charge >= 0.3 is 0 Å². The van der Waals surface area contributed by atoms with Gasteiger partial charge in [0.15, 0.2) is 0 Å². The second-order valence-corrected chi connectivity index (χ2v) is 3.46. The molecule has 0 unspecified atom stereocenters. The standard InChI is InChI=1S/C10H12N3OSi/c11-7-1-4-10(14-15,5-2-8-12)6-3-9-13/h1-6H2. The van der Waals surface area contributed by atoms with Crippen LogP contribution in [0.5, 0.6) is 0 Å². The lowest BCUT2D eigenvalue weighted by atomic mass is 9.88. The van der Waals surface area contributed by atoms with Crippen molar-refractivity contribution in [1.29, 1.82) is 15.8 Å². The second-order valence-electron chi connectivity index (χ2n) is 3.26. The Labute approximate surface area is 93.6 Å². The van der Waals surface area contributed by atoms with Gasteiger partial charge in [-0.3, -0.25) is 0 Å². The number of hydrogen-bond acceptors (Lipinski definition) is 4. The molecule has 77 valence electrons. The first-order valence-electron chi connectivity index (χ1n) is 4.70. The Kier molecular flexibility index (Phi) is 7.28. The quantitative estimate of drug-likeness (QED) is 0.609. The lowest BCUT2D eigenvalue weighted by molar-refractivity contribution is 0.0552. The summed E-state index contributed by atoms with van der Waals surface area (Å²) in [6.45, 7) is 0. The van der Waals surface area contributed by atoms with E-state index < -0.39 is 5.60 Å². The largest absolute Gasteiger partial charge is 0.413 e. The Morgan fingerprint density at radius 3 is 1.40 bits per heavy atom. The summed E-state index contributed by atoms with van der Waals surface area (Å²) in [7, 11) is 2.99.